The summed E-state index contributed by atoms with van der Waals surface area (Å²) in [5, 5.41) is 5.97. The Balaban J connectivity index is 2.22. The highest BCUT2D eigenvalue weighted by molar-refractivity contribution is 4.88. The molecule has 0 saturated carbocycles. The molecule has 0 aromatic rings. The minimum absolute atomic E-state index is 0.536. The second-order valence-electron chi connectivity index (χ2n) is 2.93. The summed E-state index contributed by atoms with van der Waals surface area (Å²) in [6.07, 6.45) is 1.31. The molecule has 1 saturated heterocycles. The first-order valence-corrected chi connectivity index (χ1v) is 3.81. The quantitative estimate of drug-likeness (QED) is 0.598. The van der Waals surface area contributed by atoms with Gasteiger partial charge in [0.25, 0.3) is 0 Å². The molecule has 0 aromatic carbocycles. The van der Waals surface area contributed by atoms with Gasteiger partial charge >= 0.3 is 0 Å². The lowest BCUT2D eigenvalue weighted by Gasteiger charge is -2.16. The largest absolute Gasteiger partial charge is 0.320 e. The van der Waals surface area contributed by atoms with Crippen molar-refractivity contribution in [2.24, 2.45) is 0 Å². The zero-order valence-corrected chi connectivity index (χ0v) is 6.41. The molecule has 1 unspecified atom stereocenters. The standard InChI is InChI=1S/C7H15FN2/c1-9-4-2-7(8)3-5-10-6-7/h9-10H,2-6H2,1H3. The van der Waals surface area contributed by atoms with Crippen molar-refractivity contribution in [2.45, 2.75) is 18.5 Å². The van der Waals surface area contributed by atoms with E-state index in [0.29, 0.717) is 19.4 Å². The van der Waals surface area contributed by atoms with Crippen LogP contribution in [0.4, 0.5) is 4.39 Å². The highest BCUT2D eigenvalue weighted by Crippen LogP contribution is 2.22. The summed E-state index contributed by atoms with van der Waals surface area (Å²) in [4.78, 5) is 0. The molecule has 0 radical (unpaired) electrons. The lowest BCUT2D eigenvalue weighted by molar-refractivity contribution is 0.176. The van der Waals surface area contributed by atoms with Gasteiger partial charge in [-0.25, -0.2) is 4.39 Å². The molecule has 1 fully saturated rings. The number of alkyl halides is 1. The normalized spacial score (nSPS) is 33.0. The van der Waals surface area contributed by atoms with Gasteiger partial charge in [-0.1, -0.05) is 0 Å². The Morgan fingerprint density at radius 3 is 3.00 bits per heavy atom. The Bertz CT molecular complexity index is 99.8. The van der Waals surface area contributed by atoms with Crippen LogP contribution >= 0.6 is 0 Å². The van der Waals surface area contributed by atoms with Gasteiger partial charge in [-0.2, -0.15) is 0 Å². The molecule has 3 heteroatoms. The third-order valence-electron chi connectivity index (χ3n) is 2.01. The van der Waals surface area contributed by atoms with Crippen molar-refractivity contribution in [1.29, 1.82) is 0 Å². The van der Waals surface area contributed by atoms with E-state index < -0.39 is 5.67 Å². The molecule has 0 aliphatic carbocycles. The Kier molecular flexibility index (Phi) is 2.63. The van der Waals surface area contributed by atoms with Gasteiger partial charge < -0.3 is 10.6 Å². The molecule has 0 bridgehead atoms. The Hall–Kier alpha value is -0.150. The monoisotopic (exact) mass is 146 g/mol. The Labute approximate surface area is 61.2 Å². The fourth-order valence-corrected chi connectivity index (χ4v) is 1.28. The molecular formula is C7H15FN2. The number of hydrogen-bond donors (Lipinski definition) is 2. The van der Waals surface area contributed by atoms with Gasteiger partial charge in [-0.3, -0.25) is 0 Å². The summed E-state index contributed by atoms with van der Waals surface area (Å²) in [6.45, 7) is 2.15. The van der Waals surface area contributed by atoms with Crippen LogP contribution in [0.25, 0.3) is 0 Å². The fourth-order valence-electron chi connectivity index (χ4n) is 1.28. The van der Waals surface area contributed by atoms with E-state index in [1.807, 2.05) is 7.05 Å². The average Bonchev–Trinajstić information content (AvgIpc) is 2.33. The van der Waals surface area contributed by atoms with E-state index >= 15 is 0 Å². The fraction of sp³-hybridized carbons (Fsp3) is 1.00. The van der Waals surface area contributed by atoms with Gasteiger partial charge in [0.05, 0.1) is 0 Å². The minimum atomic E-state index is -0.928. The molecule has 0 spiro atoms. The maximum absolute atomic E-state index is 13.4. The third kappa shape index (κ3) is 1.92. The molecule has 2 N–H and O–H groups in total. The highest BCUT2D eigenvalue weighted by atomic mass is 19.1. The topological polar surface area (TPSA) is 24.1 Å². The molecule has 2 nitrogen and oxygen atoms in total. The van der Waals surface area contributed by atoms with Crippen LogP contribution in [0.3, 0.4) is 0 Å². The van der Waals surface area contributed by atoms with Gasteiger partial charge in [-0.05, 0) is 33.0 Å². The molecule has 1 atom stereocenters. The summed E-state index contributed by atoms with van der Waals surface area (Å²) in [7, 11) is 1.85. The van der Waals surface area contributed by atoms with Crippen LogP contribution < -0.4 is 10.6 Å². The van der Waals surface area contributed by atoms with E-state index in [1.54, 1.807) is 0 Å². The molecule has 10 heavy (non-hydrogen) atoms. The summed E-state index contributed by atoms with van der Waals surface area (Å²) in [5.41, 5.74) is -0.928. The van der Waals surface area contributed by atoms with Crippen molar-refractivity contribution < 1.29 is 4.39 Å². The Morgan fingerprint density at radius 2 is 2.50 bits per heavy atom. The second-order valence-corrected chi connectivity index (χ2v) is 2.93. The van der Waals surface area contributed by atoms with Crippen molar-refractivity contribution in [2.75, 3.05) is 26.7 Å². The minimum Gasteiger partial charge on any atom is -0.320 e. The Morgan fingerprint density at radius 1 is 1.70 bits per heavy atom. The predicted molar refractivity (Wildman–Crippen MR) is 39.9 cm³/mol. The van der Waals surface area contributed by atoms with Gasteiger partial charge in [-0.15, -0.1) is 0 Å². The summed E-state index contributed by atoms with van der Waals surface area (Å²) < 4.78 is 13.4. The van der Waals surface area contributed by atoms with Crippen LogP contribution in [0.2, 0.25) is 0 Å². The van der Waals surface area contributed by atoms with E-state index in [-0.39, 0.29) is 0 Å². The van der Waals surface area contributed by atoms with Crippen LogP contribution in [0, 0.1) is 0 Å². The highest BCUT2D eigenvalue weighted by Gasteiger charge is 2.32. The van der Waals surface area contributed by atoms with Crippen LogP contribution in [0.15, 0.2) is 0 Å². The van der Waals surface area contributed by atoms with Crippen molar-refractivity contribution >= 4 is 0 Å². The van der Waals surface area contributed by atoms with Crippen LogP contribution in [-0.4, -0.2) is 32.4 Å². The summed E-state index contributed by atoms with van der Waals surface area (Å²) >= 11 is 0. The van der Waals surface area contributed by atoms with Crippen molar-refractivity contribution in [1.82, 2.24) is 10.6 Å². The summed E-state index contributed by atoms with van der Waals surface area (Å²) in [5.74, 6) is 0. The molecular weight excluding hydrogens is 131 g/mol. The first-order chi connectivity index (χ1) is 4.77. The molecule has 0 aromatic heterocycles. The third-order valence-corrected chi connectivity index (χ3v) is 2.01. The first kappa shape index (κ1) is 7.95. The van der Waals surface area contributed by atoms with Crippen LogP contribution in [0.5, 0.6) is 0 Å². The number of hydrogen-bond acceptors (Lipinski definition) is 2. The van der Waals surface area contributed by atoms with Gasteiger partial charge in [0.15, 0.2) is 0 Å². The van der Waals surface area contributed by atoms with Crippen molar-refractivity contribution in [3.05, 3.63) is 0 Å². The van der Waals surface area contributed by atoms with E-state index in [0.717, 1.165) is 13.1 Å². The zero-order chi connectivity index (χ0) is 7.45. The molecule has 0 amide bonds. The van der Waals surface area contributed by atoms with E-state index in [9.17, 15) is 4.39 Å². The SMILES string of the molecule is CNCCC1(F)CCNC1. The smallest absolute Gasteiger partial charge is 0.125 e. The second kappa shape index (κ2) is 3.30. The molecule has 1 aliphatic rings. The van der Waals surface area contributed by atoms with E-state index in [4.69, 9.17) is 0 Å². The van der Waals surface area contributed by atoms with Crippen LogP contribution in [0.1, 0.15) is 12.8 Å². The van der Waals surface area contributed by atoms with Gasteiger partial charge in [0.1, 0.15) is 5.67 Å². The maximum Gasteiger partial charge on any atom is 0.125 e. The van der Waals surface area contributed by atoms with Crippen molar-refractivity contribution in [3.8, 4) is 0 Å². The predicted octanol–water partition coefficient (Wildman–Crippen LogP) is 0.297. The van der Waals surface area contributed by atoms with Gasteiger partial charge in [0.2, 0.25) is 0 Å². The zero-order valence-electron chi connectivity index (χ0n) is 6.41. The van der Waals surface area contributed by atoms with Crippen molar-refractivity contribution in [3.63, 3.8) is 0 Å². The van der Waals surface area contributed by atoms with E-state index in [1.165, 1.54) is 0 Å². The first-order valence-electron chi connectivity index (χ1n) is 3.81. The maximum atomic E-state index is 13.4. The van der Waals surface area contributed by atoms with Gasteiger partial charge in [0, 0.05) is 6.54 Å². The number of nitrogens with one attached hydrogen (secondary N) is 2. The summed E-state index contributed by atoms with van der Waals surface area (Å²) in [6, 6.07) is 0. The number of halogens is 1. The molecule has 60 valence electrons. The lowest BCUT2D eigenvalue weighted by Crippen LogP contribution is -2.29. The number of rotatable bonds is 3. The molecule has 1 rings (SSSR count). The van der Waals surface area contributed by atoms with E-state index in [2.05, 4.69) is 10.6 Å². The molecule has 1 heterocycles. The molecule has 1 aliphatic heterocycles. The average molecular weight is 146 g/mol. The van der Waals surface area contributed by atoms with Crippen LogP contribution in [-0.2, 0) is 0 Å². The lowest BCUT2D eigenvalue weighted by atomic mass is 10.0.